The van der Waals surface area contributed by atoms with Crippen LogP contribution in [0.5, 0.6) is 0 Å². The van der Waals surface area contributed by atoms with Crippen LogP contribution in [0.1, 0.15) is 5.69 Å². The van der Waals surface area contributed by atoms with E-state index in [1.165, 1.54) is 0 Å². The molecule has 2 heterocycles. The summed E-state index contributed by atoms with van der Waals surface area (Å²) < 4.78 is 1.11. The van der Waals surface area contributed by atoms with Gasteiger partial charge in [-0.3, -0.25) is 0 Å². The molecular weight excluding hydrogens is 178 g/mol. The monoisotopic (exact) mass is 185 g/mol. The van der Waals surface area contributed by atoms with E-state index in [0.29, 0.717) is 0 Å². The fourth-order valence-electron chi connectivity index (χ4n) is 0.718. The lowest BCUT2D eigenvalue weighted by atomic mass is 10.6. The first kappa shape index (κ1) is 7.24. The number of aliphatic imine (C=N–C) groups is 1. The molecule has 0 bridgehead atoms. The van der Waals surface area contributed by atoms with Crippen molar-refractivity contribution in [3.63, 3.8) is 0 Å². The van der Waals surface area contributed by atoms with Gasteiger partial charge in [-0.25, -0.2) is 4.98 Å². The third-order valence-corrected chi connectivity index (χ3v) is 3.58. The van der Waals surface area contributed by atoms with Crippen molar-refractivity contribution in [2.24, 2.45) is 4.99 Å². The molecule has 0 saturated carbocycles. The first-order valence-electron chi connectivity index (χ1n) is 3.20. The van der Waals surface area contributed by atoms with Gasteiger partial charge < -0.3 is 4.98 Å². The van der Waals surface area contributed by atoms with Crippen molar-refractivity contribution in [1.82, 2.24) is 9.97 Å². The van der Waals surface area contributed by atoms with Crippen molar-refractivity contribution in [3.8, 4) is 0 Å². The number of thioether (sulfide) groups is 2. The number of imidazole rings is 1. The van der Waals surface area contributed by atoms with E-state index < -0.39 is 0 Å². The molecule has 0 radical (unpaired) electrons. The Morgan fingerprint density at radius 1 is 1.64 bits per heavy atom. The smallest absolute Gasteiger partial charge is 0.228 e. The Balaban J connectivity index is 2.17. The summed E-state index contributed by atoms with van der Waals surface area (Å²) in [6, 6.07) is 0. The van der Waals surface area contributed by atoms with Crippen LogP contribution in [-0.4, -0.2) is 19.4 Å². The summed E-state index contributed by atoms with van der Waals surface area (Å²) in [4.78, 5) is 11.4. The first-order chi connectivity index (χ1) is 5.34. The molecule has 0 aliphatic carbocycles. The lowest BCUT2D eigenvalue weighted by Crippen LogP contribution is -1.97. The average Bonchev–Trinajstić information content (AvgIpc) is 2.27. The summed E-state index contributed by atoms with van der Waals surface area (Å²) in [7, 11) is 0. The van der Waals surface area contributed by atoms with Gasteiger partial charge in [0.15, 0.2) is 0 Å². The molecule has 1 aromatic rings. The van der Waals surface area contributed by atoms with Gasteiger partial charge in [-0.15, -0.1) is 0 Å². The second-order valence-corrected chi connectivity index (χ2v) is 4.73. The van der Waals surface area contributed by atoms with E-state index >= 15 is 0 Å². The van der Waals surface area contributed by atoms with Gasteiger partial charge in [0.1, 0.15) is 4.38 Å². The Hall–Kier alpha value is -0.420. The highest BCUT2D eigenvalue weighted by Gasteiger charge is 2.12. The average molecular weight is 185 g/mol. The van der Waals surface area contributed by atoms with Crippen LogP contribution in [0.3, 0.4) is 0 Å². The second-order valence-electron chi connectivity index (χ2n) is 2.17. The standard InChI is InChI=1S/C6H7N3S2/c1-4-2-7-5(8-4)9-6-10-3-11-6/h2H,3H2,1H3,(H,7,8). The maximum Gasteiger partial charge on any atom is 0.228 e. The van der Waals surface area contributed by atoms with Crippen LogP contribution in [0.2, 0.25) is 0 Å². The van der Waals surface area contributed by atoms with Crippen molar-refractivity contribution in [3.05, 3.63) is 11.9 Å². The van der Waals surface area contributed by atoms with Crippen molar-refractivity contribution in [1.29, 1.82) is 0 Å². The van der Waals surface area contributed by atoms with E-state index in [4.69, 9.17) is 0 Å². The highest BCUT2D eigenvalue weighted by molar-refractivity contribution is 8.52. The van der Waals surface area contributed by atoms with Crippen molar-refractivity contribution in [2.75, 3.05) is 5.08 Å². The third kappa shape index (κ3) is 1.59. The van der Waals surface area contributed by atoms with Crippen molar-refractivity contribution >= 4 is 33.8 Å². The van der Waals surface area contributed by atoms with Gasteiger partial charge in [-0.2, -0.15) is 4.99 Å². The normalized spacial score (nSPS) is 16.3. The molecule has 3 nitrogen and oxygen atoms in total. The van der Waals surface area contributed by atoms with Crippen LogP contribution in [0.15, 0.2) is 11.2 Å². The Morgan fingerprint density at radius 3 is 2.91 bits per heavy atom. The molecule has 2 rings (SSSR count). The van der Waals surface area contributed by atoms with Gasteiger partial charge in [0.2, 0.25) is 5.95 Å². The number of rotatable bonds is 1. The number of hydrogen-bond donors (Lipinski definition) is 1. The minimum Gasteiger partial charge on any atom is -0.327 e. The molecule has 11 heavy (non-hydrogen) atoms. The number of aromatic amines is 1. The number of aromatic nitrogens is 2. The van der Waals surface area contributed by atoms with Gasteiger partial charge in [0, 0.05) is 11.9 Å². The fourth-order valence-corrected chi connectivity index (χ4v) is 1.91. The number of aryl methyl sites for hydroxylation is 1. The molecule has 0 aromatic carbocycles. The SMILES string of the molecule is Cc1cnc(N=C2SCS2)[nH]1. The molecule has 5 heteroatoms. The summed E-state index contributed by atoms with van der Waals surface area (Å²) in [5.74, 6) is 0.720. The van der Waals surface area contributed by atoms with Gasteiger partial charge in [-0.05, 0) is 6.92 Å². The van der Waals surface area contributed by atoms with Crippen molar-refractivity contribution < 1.29 is 0 Å². The molecular formula is C6H7N3S2. The summed E-state index contributed by atoms with van der Waals surface area (Å²) in [6.07, 6.45) is 1.79. The zero-order valence-corrected chi connectivity index (χ0v) is 7.63. The fraction of sp³-hybridized carbons (Fsp3) is 0.333. The van der Waals surface area contributed by atoms with Gasteiger partial charge in [0.05, 0.1) is 5.08 Å². The highest BCUT2D eigenvalue weighted by atomic mass is 32.3. The predicted octanol–water partition coefficient (Wildman–Crippen LogP) is 2.14. The molecule has 1 fully saturated rings. The molecule has 1 aliphatic heterocycles. The van der Waals surface area contributed by atoms with E-state index in [9.17, 15) is 0 Å². The zero-order chi connectivity index (χ0) is 7.68. The zero-order valence-electron chi connectivity index (χ0n) is 6.00. The lowest BCUT2D eigenvalue weighted by Gasteiger charge is -2.10. The second kappa shape index (κ2) is 2.91. The van der Waals surface area contributed by atoms with Crippen LogP contribution < -0.4 is 0 Å². The summed E-state index contributed by atoms with van der Waals surface area (Å²) in [6.45, 7) is 1.97. The molecule has 1 N–H and O–H groups in total. The summed E-state index contributed by atoms with van der Waals surface area (Å²) >= 11 is 3.52. The van der Waals surface area contributed by atoms with E-state index in [1.54, 1.807) is 29.7 Å². The summed E-state index contributed by atoms with van der Waals surface area (Å²) in [5.41, 5.74) is 1.05. The number of nitrogens with zero attached hydrogens (tertiary/aromatic N) is 2. The Morgan fingerprint density at radius 2 is 2.45 bits per heavy atom. The number of nitrogens with one attached hydrogen (secondary N) is 1. The predicted molar refractivity (Wildman–Crippen MR) is 50.5 cm³/mol. The van der Waals surface area contributed by atoms with E-state index in [2.05, 4.69) is 15.0 Å². The van der Waals surface area contributed by atoms with Gasteiger partial charge >= 0.3 is 0 Å². The minimum atomic E-state index is 0.720. The quantitative estimate of drug-likeness (QED) is 0.728. The van der Waals surface area contributed by atoms with Crippen LogP contribution in [0.4, 0.5) is 5.95 Å². The molecule has 1 saturated heterocycles. The van der Waals surface area contributed by atoms with Gasteiger partial charge in [-0.1, -0.05) is 23.5 Å². The van der Waals surface area contributed by atoms with Crippen LogP contribution in [0, 0.1) is 6.92 Å². The molecule has 58 valence electrons. The largest absolute Gasteiger partial charge is 0.327 e. The maximum absolute atomic E-state index is 4.26. The highest BCUT2D eigenvalue weighted by Crippen LogP contribution is 2.34. The minimum absolute atomic E-state index is 0.720. The van der Waals surface area contributed by atoms with Crippen LogP contribution >= 0.6 is 23.5 Å². The first-order valence-corrected chi connectivity index (χ1v) is 5.17. The molecule has 0 unspecified atom stereocenters. The maximum atomic E-state index is 4.26. The lowest BCUT2D eigenvalue weighted by molar-refractivity contribution is 1.22. The Labute approximate surface area is 73.1 Å². The summed E-state index contributed by atoms with van der Waals surface area (Å²) in [5, 5.41) is 1.12. The van der Waals surface area contributed by atoms with E-state index in [1.807, 2.05) is 6.92 Å². The molecule has 0 atom stereocenters. The molecule has 0 amide bonds. The third-order valence-electron chi connectivity index (χ3n) is 1.25. The van der Waals surface area contributed by atoms with Crippen LogP contribution in [-0.2, 0) is 0 Å². The van der Waals surface area contributed by atoms with E-state index in [-0.39, 0.29) is 0 Å². The van der Waals surface area contributed by atoms with E-state index in [0.717, 1.165) is 21.1 Å². The molecule has 1 aromatic heterocycles. The molecule has 1 aliphatic rings. The molecule has 0 spiro atoms. The number of hydrogen-bond acceptors (Lipinski definition) is 4. The van der Waals surface area contributed by atoms with Crippen molar-refractivity contribution in [2.45, 2.75) is 6.92 Å². The number of H-pyrrole nitrogens is 1. The topological polar surface area (TPSA) is 41.0 Å². The Bertz CT molecular complexity index is 286. The van der Waals surface area contributed by atoms with Crippen LogP contribution in [0.25, 0.3) is 0 Å². The van der Waals surface area contributed by atoms with Gasteiger partial charge in [0.25, 0.3) is 0 Å². The Kier molecular flexibility index (Phi) is 1.91.